The number of hydrogen-bond acceptors (Lipinski definition) is 3. The van der Waals surface area contributed by atoms with Crippen molar-refractivity contribution in [2.45, 2.75) is 11.8 Å². The summed E-state index contributed by atoms with van der Waals surface area (Å²) in [6.07, 6.45) is 0. The zero-order valence-corrected chi connectivity index (χ0v) is 14.9. The van der Waals surface area contributed by atoms with Crippen molar-refractivity contribution in [1.29, 1.82) is 0 Å². The molecule has 2 rings (SSSR count). The molecule has 2 aromatic carbocycles. The molecular weight excluding hydrogens is 411 g/mol. The lowest BCUT2D eigenvalue weighted by Gasteiger charge is -2.11. The van der Waals surface area contributed by atoms with Crippen LogP contribution in [0.15, 0.2) is 47.4 Å². The van der Waals surface area contributed by atoms with Crippen molar-refractivity contribution in [3.8, 4) is 0 Å². The predicted octanol–water partition coefficient (Wildman–Crippen LogP) is 3.43. The van der Waals surface area contributed by atoms with Gasteiger partial charge in [-0.15, -0.1) is 11.8 Å². The zero-order chi connectivity index (χ0) is 16.1. The van der Waals surface area contributed by atoms with E-state index in [1.807, 2.05) is 43.3 Å². The Morgan fingerprint density at radius 3 is 2.64 bits per heavy atom. The van der Waals surface area contributed by atoms with Gasteiger partial charge in [-0.05, 0) is 53.3 Å². The number of aryl methyl sites for hydroxylation is 1. The summed E-state index contributed by atoms with van der Waals surface area (Å²) in [6.45, 7) is 1.97. The predicted molar refractivity (Wildman–Crippen MR) is 98.2 cm³/mol. The topological polar surface area (TPSA) is 72.2 Å². The molecule has 3 N–H and O–H groups in total. The highest BCUT2D eigenvalue weighted by atomic mass is 127. The molecule has 6 heteroatoms. The number of primary amides is 1. The Labute approximate surface area is 147 Å². The van der Waals surface area contributed by atoms with Crippen molar-refractivity contribution in [3.05, 3.63) is 57.2 Å². The number of nitrogens with one attached hydrogen (secondary N) is 1. The van der Waals surface area contributed by atoms with Crippen LogP contribution in [0.1, 0.15) is 15.9 Å². The van der Waals surface area contributed by atoms with E-state index >= 15 is 0 Å². The number of benzene rings is 2. The van der Waals surface area contributed by atoms with Crippen molar-refractivity contribution in [3.63, 3.8) is 0 Å². The van der Waals surface area contributed by atoms with E-state index in [1.165, 1.54) is 11.8 Å². The van der Waals surface area contributed by atoms with Gasteiger partial charge in [0.2, 0.25) is 5.91 Å². The molecule has 0 saturated heterocycles. The Kier molecular flexibility index (Phi) is 5.84. The minimum absolute atomic E-state index is 0.166. The van der Waals surface area contributed by atoms with E-state index in [-0.39, 0.29) is 17.6 Å². The lowest BCUT2D eigenvalue weighted by atomic mass is 10.1. The monoisotopic (exact) mass is 426 g/mol. The van der Waals surface area contributed by atoms with Gasteiger partial charge in [-0.1, -0.05) is 24.3 Å². The number of para-hydroxylation sites is 1. The lowest BCUT2D eigenvalue weighted by molar-refractivity contribution is -0.115. The zero-order valence-electron chi connectivity index (χ0n) is 11.9. The van der Waals surface area contributed by atoms with E-state index in [9.17, 15) is 9.59 Å². The van der Waals surface area contributed by atoms with Crippen LogP contribution in [0.5, 0.6) is 0 Å². The van der Waals surface area contributed by atoms with Gasteiger partial charge in [0.05, 0.1) is 17.0 Å². The molecule has 0 heterocycles. The van der Waals surface area contributed by atoms with Gasteiger partial charge >= 0.3 is 0 Å². The van der Waals surface area contributed by atoms with Crippen molar-refractivity contribution < 1.29 is 9.59 Å². The van der Waals surface area contributed by atoms with Crippen LogP contribution < -0.4 is 11.1 Å². The Morgan fingerprint density at radius 1 is 1.18 bits per heavy atom. The summed E-state index contributed by atoms with van der Waals surface area (Å²) in [7, 11) is 0. The maximum atomic E-state index is 12.5. The van der Waals surface area contributed by atoms with Crippen LogP contribution in [0.3, 0.4) is 0 Å². The molecular formula is C16H15IN2O2S. The molecule has 0 radical (unpaired) electrons. The molecule has 0 saturated carbocycles. The number of nitrogens with two attached hydrogens (primary N) is 1. The number of carbonyl (C=O) groups excluding carboxylic acids is 2. The van der Waals surface area contributed by atoms with Crippen LogP contribution >= 0.6 is 34.4 Å². The van der Waals surface area contributed by atoms with Crippen molar-refractivity contribution in [1.82, 2.24) is 0 Å². The highest BCUT2D eigenvalue weighted by Gasteiger charge is 2.13. The number of carbonyl (C=O) groups is 2. The molecule has 0 unspecified atom stereocenters. The fraction of sp³-hybridized carbons (Fsp3) is 0.125. The van der Waals surface area contributed by atoms with E-state index < -0.39 is 0 Å². The lowest BCUT2D eigenvalue weighted by Crippen LogP contribution is -2.15. The highest BCUT2D eigenvalue weighted by molar-refractivity contribution is 14.1. The summed E-state index contributed by atoms with van der Waals surface area (Å²) >= 11 is 3.48. The van der Waals surface area contributed by atoms with Crippen LogP contribution in [-0.2, 0) is 4.79 Å². The Bertz CT molecular complexity index is 719. The SMILES string of the molecule is Cc1cccc(C(=O)Nc2ccccc2SCC(N)=O)c1I. The van der Waals surface area contributed by atoms with Gasteiger partial charge in [-0.2, -0.15) is 0 Å². The average molecular weight is 426 g/mol. The van der Waals surface area contributed by atoms with Crippen LogP contribution in [-0.4, -0.2) is 17.6 Å². The second kappa shape index (κ2) is 7.64. The minimum Gasteiger partial charge on any atom is -0.369 e. The van der Waals surface area contributed by atoms with Crippen LogP contribution in [0, 0.1) is 10.5 Å². The summed E-state index contributed by atoms with van der Waals surface area (Å²) in [6, 6.07) is 13.0. The maximum absolute atomic E-state index is 12.5. The maximum Gasteiger partial charge on any atom is 0.256 e. The first-order valence-electron chi connectivity index (χ1n) is 6.55. The number of amides is 2. The molecule has 0 atom stereocenters. The van der Waals surface area contributed by atoms with Crippen LogP contribution in [0.25, 0.3) is 0 Å². The van der Waals surface area contributed by atoms with Gasteiger partial charge in [0.15, 0.2) is 0 Å². The summed E-state index contributed by atoms with van der Waals surface area (Å²) < 4.78 is 0.930. The molecule has 0 aromatic heterocycles. The molecule has 2 aromatic rings. The van der Waals surface area contributed by atoms with Gasteiger partial charge in [-0.3, -0.25) is 9.59 Å². The first-order chi connectivity index (χ1) is 10.5. The normalized spacial score (nSPS) is 10.3. The Hall–Kier alpha value is -1.54. The molecule has 0 aliphatic heterocycles. The number of anilines is 1. The molecule has 0 fully saturated rings. The summed E-state index contributed by atoms with van der Waals surface area (Å²) in [5, 5.41) is 2.90. The third-order valence-electron chi connectivity index (χ3n) is 2.94. The van der Waals surface area contributed by atoms with Gasteiger partial charge < -0.3 is 11.1 Å². The largest absolute Gasteiger partial charge is 0.369 e. The molecule has 2 amide bonds. The van der Waals surface area contributed by atoms with Gasteiger partial charge in [0, 0.05) is 8.47 Å². The molecule has 22 heavy (non-hydrogen) atoms. The number of thioether (sulfide) groups is 1. The second-order valence-corrected chi connectivity index (χ2v) is 6.74. The Balaban J connectivity index is 2.21. The van der Waals surface area contributed by atoms with Gasteiger partial charge in [0.1, 0.15) is 0 Å². The smallest absolute Gasteiger partial charge is 0.256 e. The summed E-state index contributed by atoms with van der Waals surface area (Å²) in [5.74, 6) is -0.380. The molecule has 0 aliphatic rings. The third-order valence-corrected chi connectivity index (χ3v) is 5.47. The van der Waals surface area contributed by atoms with Crippen molar-refractivity contribution >= 4 is 51.9 Å². The molecule has 0 bridgehead atoms. The van der Waals surface area contributed by atoms with E-state index in [0.717, 1.165) is 14.0 Å². The first kappa shape index (κ1) is 16.8. The highest BCUT2D eigenvalue weighted by Crippen LogP contribution is 2.27. The van der Waals surface area contributed by atoms with Gasteiger partial charge in [-0.25, -0.2) is 0 Å². The van der Waals surface area contributed by atoms with Gasteiger partial charge in [0.25, 0.3) is 5.91 Å². The molecule has 0 spiro atoms. The summed E-state index contributed by atoms with van der Waals surface area (Å²) in [5.41, 5.74) is 7.54. The third kappa shape index (κ3) is 4.23. The fourth-order valence-corrected chi connectivity index (χ4v) is 3.21. The quantitative estimate of drug-likeness (QED) is 0.569. The van der Waals surface area contributed by atoms with Crippen molar-refractivity contribution in [2.75, 3.05) is 11.1 Å². The molecule has 4 nitrogen and oxygen atoms in total. The molecule has 114 valence electrons. The fourth-order valence-electron chi connectivity index (χ4n) is 1.86. The summed E-state index contributed by atoms with van der Waals surface area (Å²) in [4.78, 5) is 24.2. The van der Waals surface area contributed by atoms with Crippen LogP contribution in [0.4, 0.5) is 5.69 Å². The van der Waals surface area contributed by atoms with Crippen molar-refractivity contribution in [2.24, 2.45) is 5.73 Å². The average Bonchev–Trinajstić information content (AvgIpc) is 2.49. The number of rotatable bonds is 5. The Morgan fingerprint density at radius 2 is 1.91 bits per heavy atom. The number of halogens is 1. The minimum atomic E-state index is -0.389. The second-order valence-electron chi connectivity index (χ2n) is 4.64. The van der Waals surface area contributed by atoms with E-state index in [2.05, 4.69) is 27.9 Å². The van der Waals surface area contributed by atoms with E-state index in [0.29, 0.717) is 11.3 Å². The number of hydrogen-bond donors (Lipinski definition) is 2. The first-order valence-corrected chi connectivity index (χ1v) is 8.62. The van der Waals surface area contributed by atoms with Crippen LogP contribution in [0.2, 0.25) is 0 Å². The standard InChI is InChI=1S/C16H15IN2O2S/c1-10-5-4-6-11(15(10)17)16(21)19-12-7-2-3-8-13(12)22-9-14(18)20/h2-8H,9H2,1H3,(H2,18,20)(H,19,21). The van der Waals surface area contributed by atoms with E-state index in [1.54, 1.807) is 6.07 Å². The molecule has 0 aliphatic carbocycles. The van der Waals surface area contributed by atoms with E-state index in [4.69, 9.17) is 5.73 Å².